The number of carbonyl (C=O) groups is 1. The zero-order valence-corrected chi connectivity index (χ0v) is 13.6. The molecule has 3 aromatic rings. The number of aromatic hydroxyl groups is 1. The highest BCUT2D eigenvalue weighted by molar-refractivity contribution is 9.10. The van der Waals surface area contributed by atoms with Gasteiger partial charge >= 0.3 is 0 Å². The molecule has 0 fully saturated rings. The fraction of sp³-hybridized carbons (Fsp3) is 0. The van der Waals surface area contributed by atoms with Gasteiger partial charge in [0.2, 0.25) is 0 Å². The number of amides is 1. The molecule has 4 nitrogen and oxygen atoms in total. The van der Waals surface area contributed by atoms with Crippen molar-refractivity contribution in [3.63, 3.8) is 0 Å². The molecular formula is C18H13BrN2O2. The number of hydrazone groups is 1. The van der Waals surface area contributed by atoms with Gasteiger partial charge in [-0.15, -0.1) is 0 Å². The van der Waals surface area contributed by atoms with E-state index in [4.69, 9.17) is 0 Å². The maximum atomic E-state index is 12.1. The normalized spacial score (nSPS) is 11.0. The van der Waals surface area contributed by atoms with Crippen molar-refractivity contribution in [1.82, 2.24) is 5.43 Å². The van der Waals surface area contributed by atoms with Crippen LogP contribution in [0.15, 0.2) is 70.2 Å². The van der Waals surface area contributed by atoms with Crippen molar-refractivity contribution in [3.05, 3.63) is 76.3 Å². The van der Waals surface area contributed by atoms with Crippen LogP contribution in [0.2, 0.25) is 0 Å². The maximum absolute atomic E-state index is 12.1. The summed E-state index contributed by atoms with van der Waals surface area (Å²) in [5.41, 5.74) is 3.50. The summed E-state index contributed by atoms with van der Waals surface area (Å²) in [4.78, 5) is 12.1. The maximum Gasteiger partial charge on any atom is 0.275 e. The van der Waals surface area contributed by atoms with E-state index in [9.17, 15) is 9.90 Å². The van der Waals surface area contributed by atoms with Crippen LogP contribution in [0, 0.1) is 0 Å². The van der Waals surface area contributed by atoms with Crippen molar-refractivity contribution < 1.29 is 9.90 Å². The molecule has 0 unspecified atom stereocenters. The molecule has 0 saturated heterocycles. The Kier molecular flexibility index (Phi) is 4.39. The first-order valence-corrected chi connectivity index (χ1v) is 7.74. The zero-order valence-electron chi connectivity index (χ0n) is 12.0. The number of hydrogen-bond donors (Lipinski definition) is 2. The summed E-state index contributed by atoms with van der Waals surface area (Å²) < 4.78 is 0.707. The molecule has 0 spiro atoms. The predicted molar refractivity (Wildman–Crippen MR) is 94.8 cm³/mol. The van der Waals surface area contributed by atoms with Crippen LogP contribution in [-0.4, -0.2) is 17.2 Å². The number of nitrogens with zero attached hydrogens (tertiary/aromatic N) is 1. The van der Waals surface area contributed by atoms with Crippen molar-refractivity contribution in [2.24, 2.45) is 5.10 Å². The molecule has 1 amide bonds. The largest absolute Gasteiger partial charge is 0.507 e. The first kappa shape index (κ1) is 15.2. The van der Waals surface area contributed by atoms with Gasteiger partial charge < -0.3 is 5.11 Å². The van der Waals surface area contributed by atoms with Crippen LogP contribution in [0.5, 0.6) is 5.75 Å². The summed E-state index contributed by atoms with van der Waals surface area (Å²) in [6, 6.07) is 18.5. The van der Waals surface area contributed by atoms with E-state index in [1.807, 2.05) is 42.5 Å². The zero-order chi connectivity index (χ0) is 16.2. The van der Waals surface area contributed by atoms with Crippen LogP contribution in [-0.2, 0) is 0 Å². The van der Waals surface area contributed by atoms with Gasteiger partial charge in [0.1, 0.15) is 5.75 Å². The minimum atomic E-state index is -0.472. The molecule has 0 aromatic heterocycles. The molecule has 0 aliphatic rings. The van der Waals surface area contributed by atoms with Crippen LogP contribution in [0.25, 0.3) is 10.8 Å². The molecule has 0 bridgehead atoms. The first-order chi connectivity index (χ1) is 11.1. The molecule has 0 heterocycles. The van der Waals surface area contributed by atoms with Gasteiger partial charge in [-0.1, -0.05) is 58.4 Å². The molecule has 0 radical (unpaired) electrons. The lowest BCUT2D eigenvalue weighted by molar-refractivity contribution is 0.0952. The molecule has 0 aliphatic carbocycles. The number of phenolic OH excluding ortho intramolecular Hbond substituents is 1. The number of carbonyl (C=O) groups excluding carboxylic acids is 1. The Hall–Kier alpha value is -2.66. The second-order valence-electron chi connectivity index (χ2n) is 4.93. The van der Waals surface area contributed by atoms with Crippen LogP contribution in [0.3, 0.4) is 0 Å². The molecule has 3 rings (SSSR count). The Balaban J connectivity index is 1.80. The first-order valence-electron chi connectivity index (χ1n) is 6.95. The number of halogens is 1. The number of rotatable bonds is 3. The van der Waals surface area contributed by atoms with E-state index in [2.05, 4.69) is 26.5 Å². The fourth-order valence-corrected chi connectivity index (χ4v) is 2.63. The third-order valence-electron chi connectivity index (χ3n) is 3.40. The van der Waals surface area contributed by atoms with Gasteiger partial charge in [-0.05, 0) is 29.0 Å². The van der Waals surface area contributed by atoms with Gasteiger partial charge in [0, 0.05) is 10.0 Å². The molecule has 0 aliphatic heterocycles. The lowest BCUT2D eigenvalue weighted by Gasteiger charge is -2.04. The van der Waals surface area contributed by atoms with Gasteiger partial charge in [-0.2, -0.15) is 5.10 Å². The van der Waals surface area contributed by atoms with E-state index in [1.165, 1.54) is 12.1 Å². The molecular weight excluding hydrogens is 356 g/mol. The number of nitrogens with one attached hydrogen (secondary N) is 1. The van der Waals surface area contributed by atoms with Gasteiger partial charge in [0.15, 0.2) is 0 Å². The standard InChI is InChI=1S/C18H13BrN2O2/c19-14-8-9-17(22)16(10-14)18(23)21-20-11-13-6-3-5-12-4-1-2-7-15(12)13/h1-11,22H,(H,21,23). The van der Waals surface area contributed by atoms with Crippen molar-refractivity contribution in [2.75, 3.05) is 0 Å². The summed E-state index contributed by atoms with van der Waals surface area (Å²) in [7, 11) is 0. The highest BCUT2D eigenvalue weighted by atomic mass is 79.9. The van der Waals surface area contributed by atoms with Gasteiger partial charge in [-0.25, -0.2) is 5.43 Å². The summed E-state index contributed by atoms with van der Waals surface area (Å²) >= 11 is 3.27. The summed E-state index contributed by atoms with van der Waals surface area (Å²) in [5, 5.41) is 15.9. The third-order valence-corrected chi connectivity index (χ3v) is 3.89. The minimum absolute atomic E-state index is 0.0916. The SMILES string of the molecule is O=C(NN=Cc1cccc2ccccc12)c1cc(Br)ccc1O. The minimum Gasteiger partial charge on any atom is -0.507 e. The topological polar surface area (TPSA) is 61.7 Å². The van der Waals surface area contributed by atoms with Crippen LogP contribution in [0.4, 0.5) is 0 Å². The number of benzene rings is 3. The van der Waals surface area contributed by atoms with Crippen LogP contribution in [0.1, 0.15) is 15.9 Å². The van der Waals surface area contributed by atoms with E-state index in [-0.39, 0.29) is 11.3 Å². The van der Waals surface area contributed by atoms with Gasteiger partial charge in [0.25, 0.3) is 5.91 Å². The monoisotopic (exact) mass is 368 g/mol. The second kappa shape index (κ2) is 6.62. The summed E-state index contributed by atoms with van der Waals surface area (Å²) in [6.07, 6.45) is 1.59. The van der Waals surface area contributed by atoms with E-state index in [1.54, 1.807) is 12.3 Å². The Labute approximate surface area is 141 Å². The van der Waals surface area contributed by atoms with E-state index in [0.717, 1.165) is 16.3 Å². The van der Waals surface area contributed by atoms with Crippen molar-refractivity contribution in [1.29, 1.82) is 0 Å². The van der Waals surface area contributed by atoms with E-state index < -0.39 is 5.91 Å². The molecule has 5 heteroatoms. The summed E-state index contributed by atoms with van der Waals surface area (Å²) in [5.74, 6) is -0.564. The Morgan fingerprint density at radius 1 is 1.09 bits per heavy atom. The third kappa shape index (κ3) is 3.40. The quantitative estimate of drug-likeness (QED) is 0.540. The summed E-state index contributed by atoms with van der Waals surface area (Å²) in [6.45, 7) is 0. The molecule has 23 heavy (non-hydrogen) atoms. The van der Waals surface area contributed by atoms with E-state index >= 15 is 0 Å². The smallest absolute Gasteiger partial charge is 0.275 e. The average Bonchev–Trinajstić information content (AvgIpc) is 2.57. The highest BCUT2D eigenvalue weighted by Gasteiger charge is 2.10. The second-order valence-corrected chi connectivity index (χ2v) is 5.84. The van der Waals surface area contributed by atoms with Gasteiger partial charge in [0.05, 0.1) is 11.8 Å². The lowest BCUT2D eigenvalue weighted by Crippen LogP contribution is -2.17. The average molecular weight is 369 g/mol. The molecule has 0 atom stereocenters. The fourth-order valence-electron chi connectivity index (χ4n) is 2.27. The Bertz CT molecular complexity index is 901. The molecule has 3 aromatic carbocycles. The molecule has 0 saturated carbocycles. The number of fused-ring (bicyclic) bond motifs is 1. The Morgan fingerprint density at radius 2 is 1.87 bits per heavy atom. The number of phenols is 1. The molecule has 2 N–H and O–H groups in total. The van der Waals surface area contributed by atoms with Gasteiger partial charge in [-0.3, -0.25) is 4.79 Å². The Morgan fingerprint density at radius 3 is 2.74 bits per heavy atom. The van der Waals surface area contributed by atoms with Crippen LogP contribution < -0.4 is 5.43 Å². The predicted octanol–water partition coefficient (Wildman–Crippen LogP) is 4.07. The molecule has 114 valence electrons. The van der Waals surface area contributed by atoms with E-state index in [0.29, 0.717) is 4.47 Å². The van der Waals surface area contributed by atoms with Crippen molar-refractivity contribution >= 4 is 38.8 Å². The highest BCUT2D eigenvalue weighted by Crippen LogP contribution is 2.21. The van der Waals surface area contributed by atoms with Crippen LogP contribution >= 0.6 is 15.9 Å². The lowest BCUT2D eigenvalue weighted by atomic mass is 10.1. The van der Waals surface area contributed by atoms with Crippen molar-refractivity contribution in [3.8, 4) is 5.75 Å². The number of hydrogen-bond acceptors (Lipinski definition) is 3. The van der Waals surface area contributed by atoms with Crippen molar-refractivity contribution in [2.45, 2.75) is 0 Å².